The van der Waals surface area contributed by atoms with Gasteiger partial charge < -0.3 is 15.3 Å². The lowest BCUT2D eigenvalue weighted by molar-refractivity contribution is -0.138. The Hall–Kier alpha value is -1.89. The van der Waals surface area contributed by atoms with E-state index in [1.165, 1.54) is 16.2 Å². The van der Waals surface area contributed by atoms with E-state index in [1.807, 2.05) is 0 Å². The van der Waals surface area contributed by atoms with Gasteiger partial charge in [-0.1, -0.05) is 6.07 Å². The van der Waals surface area contributed by atoms with Gasteiger partial charge in [0.05, 0.1) is 11.3 Å². The normalized spacial score (nSPS) is 11.7. The van der Waals surface area contributed by atoms with E-state index in [0.717, 1.165) is 0 Å². The van der Waals surface area contributed by atoms with E-state index in [1.54, 1.807) is 31.4 Å². The molecule has 7 heteroatoms. The summed E-state index contributed by atoms with van der Waals surface area (Å²) < 4.78 is 0. The molecule has 0 aliphatic rings. The van der Waals surface area contributed by atoms with E-state index in [9.17, 15) is 14.4 Å². The second kappa shape index (κ2) is 7.64. The first-order valence-electron chi connectivity index (χ1n) is 6.30. The summed E-state index contributed by atoms with van der Waals surface area (Å²) in [6, 6.07) is 2.76. The van der Waals surface area contributed by atoms with E-state index in [-0.39, 0.29) is 24.8 Å². The number of thiophene rings is 1. The molecule has 0 aliphatic heterocycles. The molecule has 1 aromatic heterocycles. The SMILES string of the molecule is CCN(CCC(=O)O)C(=O)C(C)NC(=O)c1cccs1. The number of carbonyl (C=O) groups is 3. The van der Waals surface area contributed by atoms with Crippen LogP contribution < -0.4 is 5.32 Å². The number of nitrogens with zero attached hydrogens (tertiary/aromatic N) is 1. The number of carbonyl (C=O) groups excluding carboxylic acids is 2. The average molecular weight is 298 g/mol. The van der Waals surface area contributed by atoms with Gasteiger partial charge in [-0.15, -0.1) is 11.3 Å². The molecule has 0 radical (unpaired) electrons. The molecule has 0 aliphatic carbocycles. The van der Waals surface area contributed by atoms with Gasteiger partial charge in [0.25, 0.3) is 5.91 Å². The Labute approximate surface area is 121 Å². The van der Waals surface area contributed by atoms with Crippen molar-refractivity contribution in [1.82, 2.24) is 10.2 Å². The number of aliphatic carboxylic acids is 1. The minimum absolute atomic E-state index is 0.106. The fraction of sp³-hybridized carbons (Fsp3) is 0.462. The van der Waals surface area contributed by atoms with Gasteiger partial charge in [-0.2, -0.15) is 0 Å². The predicted molar refractivity (Wildman–Crippen MR) is 75.8 cm³/mol. The molecular formula is C13H18N2O4S. The maximum Gasteiger partial charge on any atom is 0.305 e. The van der Waals surface area contributed by atoms with Crippen LogP contribution in [0.2, 0.25) is 0 Å². The maximum atomic E-state index is 12.1. The van der Waals surface area contributed by atoms with Crippen molar-refractivity contribution in [2.24, 2.45) is 0 Å². The quantitative estimate of drug-likeness (QED) is 0.791. The number of hydrogen-bond acceptors (Lipinski definition) is 4. The molecule has 6 nitrogen and oxygen atoms in total. The first kappa shape index (κ1) is 16.2. The van der Waals surface area contributed by atoms with Crippen molar-refractivity contribution < 1.29 is 19.5 Å². The summed E-state index contributed by atoms with van der Waals surface area (Å²) >= 11 is 1.30. The van der Waals surface area contributed by atoms with Crippen molar-refractivity contribution in [2.75, 3.05) is 13.1 Å². The van der Waals surface area contributed by atoms with Gasteiger partial charge in [0, 0.05) is 13.1 Å². The van der Waals surface area contributed by atoms with Gasteiger partial charge in [-0.05, 0) is 25.3 Å². The third-order valence-corrected chi connectivity index (χ3v) is 3.62. The largest absolute Gasteiger partial charge is 0.481 e. The molecular weight excluding hydrogens is 280 g/mol. The van der Waals surface area contributed by atoms with Crippen LogP contribution in [0.4, 0.5) is 0 Å². The van der Waals surface area contributed by atoms with Crippen LogP contribution in [0.25, 0.3) is 0 Å². The summed E-state index contributed by atoms with van der Waals surface area (Å²) in [5.41, 5.74) is 0. The van der Waals surface area contributed by atoms with Crippen LogP contribution in [0.1, 0.15) is 29.9 Å². The minimum Gasteiger partial charge on any atom is -0.481 e. The monoisotopic (exact) mass is 298 g/mol. The highest BCUT2D eigenvalue weighted by atomic mass is 32.1. The fourth-order valence-electron chi connectivity index (χ4n) is 1.67. The standard InChI is InChI=1S/C13H18N2O4S/c1-3-15(7-6-11(16)17)13(19)9(2)14-12(18)10-5-4-8-20-10/h4-5,8-9H,3,6-7H2,1-2H3,(H,14,18)(H,16,17). The lowest BCUT2D eigenvalue weighted by Gasteiger charge is -2.24. The van der Waals surface area contributed by atoms with Crippen LogP contribution in [0.3, 0.4) is 0 Å². The summed E-state index contributed by atoms with van der Waals surface area (Å²) in [5.74, 6) is -1.53. The molecule has 1 unspecified atom stereocenters. The smallest absolute Gasteiger partial charge is 0.305 e. The Kier molecular flexibility index (Phi) is 6.17. The van der Waals surface area contributed by atoms with Gasteiger partial charge >= 0.3 is 5.97 Å². The minimum atomic E-state index is -0.952. The molecule has 1 rings (SSSR count). The topological polar surface area (TPSA) is 86.7 Å². The second-order valence-corrected chi connectivity index (χ2v) is 5.18. The van der Waals surface area contributed by atoms with E-state index in [2.05, 4.69) is 5.32 Å². The molecule has 110 valence electrons. The molecule has 2 amide bonds. The summed E-state index contributed by atoms with van der Waals surface area (Å²) in [7, 11) is 0. The molecule has 0 fully saturated rings. The van der Waals surface area contributed by atoms with Gasteiger partial charge in [0.2, 0.25) is 5.91 Å². The summed E-state index contributed by atoms with van der Waals surface area (Å²) in [6.07, 6.45) is -0.106. The number of carboxylic acids is 1. The van der Waals surface area contributed by atoms with E-state index >= 15 is 0 Å². The molecule has 0 aromatic carbocycles. The van der Waals surface area contributed by atoms with Crippen molar-refractivity contribution in [1.29, 1.82) is 0 Å². The molecule has 1 aromatic rings. The van der Waals surface area contributed by atoms with Crippen LogP contribution in [0.15, 0.2) is 17.5 Å². The molecule has 2 N–H and O–H groups in total. The lowest BCUT2D eigenvalue weighted by Crippen LogP contribution is -2.47. The van der Waals surface area contributed by atoms with Crippen molar-refractivity contribution in [3.63, 3.8) is 0 Å². The second-order valence-electron chi connectivity index (χ2n) is 4.23. The number of hydrogen-bond donors (Lipinski definition) is 2. The Morgan fingerprint density at radius 3 is 2.65 bits per heavy atom. The van der Waals surface area contributed by atoms with Gasteiger partial charge in [-0.3, -0.25) is 14.4 Å². The summed E-state index contributed by atoms with van der Waals surface area (Å²) in [6.45, 7) is 3.92. The highest BCUT2D eigenvalue weighted by Gasteiger charge is 2.22. The zero-order chi connectivity index (χ0) is 15.1. The predicted octanol–water partition coefficient (Wildman–Crippen LogP) is 1.19. The number of amides is 2. The zero-order valence-electron chi connectivity index (χ0n) is 11.5. The van der Waals surface area contributed by atoms with E-state index < -0.39 is 12.0 Å². The molecule has 0 saturated heterocycles. The number of carboxylic acid groups (broad SMARTS) is 1. The maximum absolute atomic E-state index is 12.1. The van der Waals surface area contributed by atoms with Gasteiger partial charge in [-0.25, -0.2) is 0 Å². The van der Waals surface area contributed by atoms with Gasteiger partial charge in [0.15, 0.2) is 0 Å². The molecule has 0 spiro atoms. The van der Waals surface area contributed by atoms with Crippen LogP contribution in [0.5, 0.6) is 0 Å². The highest BCUT2D eigenvalue weighted by molar-refractivity contribution is 7.12. The molecule has 20 heavy (non-hydrogen) atoms. The van der Waals surface area contributed by atoms with Crippen molar-refractivity contribution in [3.05, 3.63) is 22.4 Å². The third kappa shape index (κ3) is 4.65. The summed E-state index contributed by atoms with van der Waals surface area (Å²) in [5, 5.41) is 13.0. The van der Waals surface area contributed by atoms with E-state index in [4.69, 9.17) is 5.11 Å². The third-order valence-electron chi connectivity index (χ3n) is 2.75. The lowest BCUT2D eigenvalue weighted by atomic mass is 10.2. The Morgan fingerprint density at radius 2 is 2.15 bits per heavy atom. The average Bonchev–Trinajstić information content (AvgIpc) is 2.92. The highest BCUT2D eigenvalue weighted by Crippen LogP contribution is 2.08. The molecule has 0 bridgehead atoms. The van der Waals surface area contributed by atoms with Crippen molar-refractivity contribution in [3.8, 4) is 0 Å². The van der Waals surface area contributed by atoms with Crippen LogP contribution in [0, 0.1) is 0 Å². The zero-order valence-corrected chi connectivity index (χ0v) is 12.3. The Morgan fingerprint density at radius 1 is 1.45 bits per heavy atom. The number of likely N-dealkylation sites (N-methyl/N-ethyl adjacent to an activating group) is 1. The van der Waals surface area contributed by atoms with Crippen molar-refractivity contribution in [2.45, 2.75) is 26.3 Å². The first-order valence-corrected chi connectivity index (χ1v) is 7.18. The molecule has 0 saturated carbocycles. The summed E-state index contributed by atoms with van der Waals surface area (Å²) in [4.78, 5) is 36.4. The van der Waals surface area contributed by atoms with Crippen molar-refractivity contribution >= 4 is 29.1 Å². The number of nitrogens with one attached hydrogen (secondary N) is 1. The number of rotatable bonds is 7. The fourth-order valence-corrected chi connectivity index (χ4v) is 2.29. The first-order chi connectivity index (χ1) is 9.45. The van der Waals surface area contributed by atoms with E-state index in [0.29, 0.717) is 11.4 Å². The van der Waals surface area contributed by atoms with Crippen LogP contribution in [-0.2, 0) is 9.59 Å². The molecule has 1 atom stereocenters. The Bertz CT molecular complexity index is 473. The van der Waals surface area contributed by atoms with Crippen LogP contribution >= 0.6 is 11.3 Å². The Balaban J connectivity index is 2.56. The van der Waals surface area contributed by atoms with Crippen LogP contribution in [-0.4, -0.2) is 46.9 Å². The molecule has 1 heterocycles. The van der Waals surface area contributed by atoms with Gasteiger partial charge in [0.1, 0.15) is 6.04 Å².